The van der Waals surface area contributed by atoms with E-state index < -0.39 is 5.41 Å². The van der Waals surface area contributed by atoms with Crippen molar-refractivity contribution in [3.63, 3.8) is 0 Å². The summed E-state index contributed by atoms with van der Waals surface area (Å²) in [4.78, 5) is 26.7. The van der Waals surface area contributed by atoms with Crippen molar-refractivity contribution in [1.29, 1.82) is 0 Å². The van der Waals surface area contributed by atoms with Crippen LogP contribution in [0.25, 0.3) is 0 Å². The molecule has 5 aliphatic carbocycles. The molecule has 7 heteroatoms. The summed E-state index contributed by atoms with van der Waals surface area (Å²) in [7, 11) is 0. The van der Waals surface area contributed by atoms with Gasteiger partial charge in [-0.05, 0) is 97.2 Å². The molecule has 232 valence electrons. The van der Waals surface area contributed by atoms with Crippen LogP contribution in [0.3, 0.4) is 0 Å². The average molecular weight is 587 g/mol. The van der Waals surface area contributed by atoms with Crippen LogP contribution in [-0.4, -0.2) is 31.8 Å². The number of hydrogen-bond acceptors (Lipinski definition) is 5. The SMILES string of the molecule is CC1=C(O)C(=O)C=C2C1=CC=C1[C@@]2(C)CC[C@@]2(C)[C@@H]3C[C@](C)(C(=O)NCc4cn(CC(C)C)nn4)CC[C@]3(C)CC[C@]12C. The van der Waals surface area contributed by atoms with Crippen molar-refractivity contribution in [2.45, 2.75) is 113 Å². The van der Waals surface area contributed by atoms with Crippen molar-refractivity contribution < 1.29 is 14.7 Å². The van der Waals surface area contributed by atoms with Gasteiger partial charge >= 0.3 is 0 Å². The number of carbonyl (C=O) groups is 2. The molecule has 5 aliphatic rings. The Hall–Kier alpha value is -2.96. The van der Waals surface area contributed by atoms with E-state index in [0.717, 1.165) is 68.3 Å². The minimum Gasteiger partial charge on any atom is -0.504 e. The summed E-state index contributed by atoms with van der Waals surface area (Å²) in [6.07, 6.45) is 15.2. The second kappa shape index (κ2) is 9.77. The average Bonchev–Trinajstić information content (AvgIpc) is 3.39. The normalized spacial score (nSPS) is 38.8. The molecule has 1 amide bonds. The first kappa shape index (κ1) is 30.1. The lowest BCUT2D eigenvalue weighted by Crippen LogP contribution is -2.62. The maximum atomic E-state index is 13.9. The Morgan fingerprint density at radius 2 is 1.79 bits per heavy atom. The van der Waals surface area contributed by atoms with E-state index in [0.29, 0.717) is 24.0 Å². The summed E-state index contributed by atoms with van der Waals surface area (Å²) >= 11 is 0. The molecule has 7 nitrogen and oxygen atoms in total. The van der Waals surface area contributed by atoms with Gasteiger partial charge < -0.3 is 10.4 Å². The van der Waals surface area contributed by atoms with E-state index in [1.807, 2.05) is 17.8 Å². The quantitative estimate of drug-likeness (QED) is 0.381. The minimum atomic E-state index is -0.439. The second-order valence-electron chi connectivity index (χ2n) is 16.1. The van der Waals surface area contributed by atoms with Crippen LogP contribution in [0.1, 0.15) is 106 Å². The number of aliphatic hydroxyl groups excluding tert-OH is 1. The van der Waals surface area contributed by atoms with E-state index in [1.54, 1.807) is 6.08 Å². The van der Waals surface area contributed by atoms with Crippen molar-refractivity contribution in [2.75, 3.05) is 0 Å². The number of aromatic nitrogens is 3. The van der Waals surface area contributed by atoms with Crippen molar-refractivity contribution in [3.05, 3.63) is 58.2 Å². The van der Waals surface area contributed by atoms with Gasteiger partial charge in [0.25, 0.3) is 0 Å². The molecular weight excluding hydrogens is 536 g/mol. The van der Waals surface area contributed by atoms with Crippen LogP contribution in [0.4, 0.5) is 0 Å². The van der Waals surface area contributed by atoms with Crippen LogP contribution in [0.5, 0.6) is 0 Å². The topological polar surface area (TPSA) is 97.1 Å². The second-order valence-corrected chi connectivity index (χ2v) is 16.1. The molecule has 0 bridgehead atoms. The highest BCUT2D eigenvalue weighted by atomic mass is 16.3. The number of ketones is 1. The highest BCUT2D eigenvalue weighted by Gasteiger charge is 2.67. The molecular formula is C36H50N4O3. The lowest BCUT2D eigenvalue weighted by atomic mass is 9.34. The predicted molar refractivity (Wildman–Crippen MR) is 168 cm³/mol. The third-order valence-corrected chi connectivity index (χ3v) is 13.0. The number of aliphatic hydroxyl groups is 1. The zero-order chi connectivity index (χ0) is 31.2. The first-order chi connectivity index (χ1) is 20.1. The number of amides is 1. The summed E-state index contributed by atoms with van der Waals surface area (Å²) in [5.74, 6) is 0.605. The summed E-state index contributed by atoms with van der Waals surface area (Å²) < 4.78 is 1.86. The Morgan fingerprint density at radius 3 is 2.51 bits per heavy atom. The van der Waals surface area contributed by atoms with Crippen LogP contribution < -0.4 is 5.32 Å². The first-order valence-corrected chi connectivity index (χ1v) is 16.3. The molecule has 6 rings (SSSR count). The van der Waals surface area contributed by atoms with E-state index in [-0.39, 0.29) is 39.1 Å². The minimum absolute atomic E-state index is 0.0183. The van der Waals surface area contributed by atoms with Gasteiger partial charge in [0.05, 0.1) is 12.7 Å². The van der Waals surface area contributed by atoms with Gasteiger partial charge in [0.1, 0.15) is 5.69 Å². The highest BCUT2D eigenvalue weighted by Crippen LogP contribution is 2.75. The maximum absolute atomic E-state index is 13.9. The molecule has 1 aromatic rings. The molecule has 3 fully saturated rings. The fourth-order valence-electron chi connectivity index (χ4n) is 9.93. The zero-order valence-corrected chi connectivity index (χ0v) is 27.4. The van der Waals surface area contributed by atoms with Crippen LogP contribution in [0, 0.1) is 38.9 Å². The first-order valence-electron chi connectivity index (χ1n) is 16.3. The fraction of sp³-hybridized carbons (Fsp3) is 0.667. The van der Waals surface area contributed by atoms with Gasteiger partial charge in [-0.1, -0.05) is 71.4 Å². The predicted octanol–water partition coefficient (Wildman–Crippen LogP) is 7.18. The van der Waals surface area contributed by atoms with Crippen LogP contribution in [0.2, 0.25) is 0 Å². The van der Waals surface area contributed by atoms with Gasteiger partial charge in [0.15, 0.2) is 5.76 Å². The molecule has 6 atom stereocenters. The monoisotopic (exact) mass is 586 g/mol. The van der Waals surface area contributed by atoms with Gasteiger partial charge in [0, 0.05) is 22.9 Å². The molecule has 0 aromatic carbocycles. The van der Waals surface area contributed by atoms with E-state index in [4.69, 9.17) is 0 Å². The van der Waals surface area contributed by atoms with Gasteiger partial charge in [-0.25, -0.2) is 0 Å². The van der Waals surface area contributed by atoms with E-state index in [9.17, 15) is 14.7 Å². The van der Waals surface area contributed by atoms with E-state index in [1.165, 1.54) is 5.57 Å². The summed E-state index contributed by atoms with van der Waals surface area (Å²) in [5.41, 5.74) is 4.46. The number of nitrogens with one attached hydrogen (secondary N) is 1. The third kappa shape index (κ3) is 4.34. The van der Waals surface area contributed by atoms with E-state index >= 15 is 0 Å². The Bertz CT molecular complexity index is 1510. The molecule has 2 N–H and O–H groups in total. The smallest absolute Gasteiger partial charge is 0.226 e. The van der Waals surface area contributed by atoms with Crippen LogP contribution >= 0.6 is 0 Å². The molecule has 0 spiro atoms. The van der Waals surface area contributed by atoms with Crippen molar-refractivity contribution in [2.24, 2.45) is 38.9 Å². The highest BCUT2D eigenvalue weighted by molar-refractivity contribution is 6.06. The number of carbonyl (C=O) groups excluding carboxylic acids is 2. The Balaban J connectivity index is 1.28. The number of rotatable bonds is 5. The van der Waals surface area contributed by atoms with Crippen molar-refractivity contribution in [1.82, 2.24) is 20.3 Å². The fourth-order valence-corrected chi connectivity index (χ4v) is 9.93. The number of nitrogens with zero attached hydrogens (tertiary/aromatic N) is 3. The van der Waals surface area contributed by atoms with Crippen LogP contribution in [-0.2, 0) is 22.7 Å². The number of fused-ring (bicyclic) bond motifs is 7. The van der Waals surface area contributed by atoms with Crippen LogP contribution in [0.15, 0.2) is 52.5 Å². The van der Waals surface area contributed by atoms with Gasteiger partial charge in [-0.15, -0.1) is 5.10 Å². The van der Waals surface area contributed by atoms with Crippen molar-refractivity contribution >= 4 is 11.7 Å². The molecule has 0 aliphatic heterocycles. The largest absolute Gasteiger partial charge is 0.504 e. The summed E-state index contributed by atoms with van der Waals surface area (Å²) in [5, 5.41) is 22.2. The maximum Gasteiger partial charge on any atom is 0.226 e. The van der Waals surface area contributed by atoms with Crippen molar-refractivity contribution in [3.8, 4) is 0 Å². The Morgan fingerprint density at radius 1 is 1.07 bits per heavy atom. The number of hydrogen-bond donors (Lipinski definition) is 2. The molecule has 0 saturated heterocycles. The summed E-state index contributed by atoms with van der Waals surface area (Å²) in [6.45, 7) is 19.3. The standard InChI is InChI=1S/C36H50N4O3/c1-22(2)20-40-21-24(38-39-40)19-37-31(43)33(5)12-11-32(4)13-15-35(7)28-10-9-25-23(3)30(42)27(41)17-26(25)34(28,6)14-16-36(35,8)29(32)18-33/h9-10,17,21-22,29,42H,11-16,18-20H2,1-8H3,(H,37,43)/t29-,32-,33-,34+,35-,36+/m1/s1. The summed E-state index contributed by atoms with van der Waals surface area (Å²) in [6, 6.07) is 0. The Labute approximate surface area is 257 Å². The lowest BCUT2D eigenvalue weighted by molar-refractivity contribution is -0.169. The van der Waals surface area contributed by atoms with E-state index in [2.05, 4.69) is 76.2 Å². The molecule has 1 aromatic heterocycles. The van der Waals surface area contributed by atoms with Gasteiger partial charge in [0.2, 0.25) is 11.7 Å². The molecule has 1 heterocycles. The zero-order valence-electron chi connectivity index (χ0n) is 27.4. The lowest BCUT2D eigenvalue weighted by Gasteiger charge is -2.70. The number of allylic oxidation sites excluding steroid dienone is 7. The molecule has 3 saturated carbocycles. The van der Waals surface area contributed by atoms with Gasteiger partial charge in [-0.3, -0.25) is 14.3 Å². The molecule has 43 heavy (non-hydrogen) atoms. The molecule has 0 radical (unpaired) electrons. The Kier molecular flexibility index (Phi) is 6.84. The third-order valence-electron chi connectivity index (χ3n) is 13.0. The molecule has 0 unspecified atom stereocenters. The van der Waals surface area contributed by atoms with Gasteiger partial charge in [-0.2, -0.15) is 0 Å².